The fourth-order valence-corrected chi connectivity index (χ4v) is 3.64. The van der Waals surface area contributed by atoms with E-state index >= 15 is 0 Å². The zero-order valence-electron chi connectivity index (χ0n) is 15.7. The highest BCUT2D eigenvalue weighted by atomic mass is 16.2. The Bertz CT molecular complexity index is 797. The lowest BCUT2D eigenvalue weighted by molar-refractivity contribution is -0.0320. The molecule has 1 aliphatic rings. The van der Waals surface area contributed by atoms with Crippen molar-refractivity contribution in [3.05, 3.63) is 54.1 Å². The van der Waals surface area contributed by atoms with Crippen molar-refractivity contribution in [2.75, 3.05) is 0 Å². The molecule has 0 N–H and O–H groups in total. The molecule has 0 fully saturated rings. The van der Waals surface area contributed by atoms with Gasteiger partial charge in [0, 0.05) is 23.3 Å². The van der Waals surface area contributed by atoms with Crippen LogP contribution in [0.2, 0.25) is 0 Å². The van der Waals surface area contributed by atoms with E-state index in [1.165, 1.54) is 4.90 Å². The molecule has 0 unspecified atom stereocenters. The molecule has 1 aliphatic heterocycles. The Labute approximate surface area is 148 Å². The van der Waals surface area contributed by atoms with Crippen LogP contribution < -0.4 is 0 Å². The highest BCUT2D eigenvalue weighted by Crippen LogP contribution is 2.49. The number of rotatable bonds is 4. The molecule has 132 valence electrons. The number of aromatic nitrogens is 2. The minimum absolute atomic E-state index is 0.222. The third kappa shape index (κ3) is 2.18. The van der Waals surface area contributed by atoms with E-state index in [-0.39, 0.29) is 17.4 Å². The van der Waals surface area contributed by atoms with Crippen LogP contribution in [0.3, 0.4) is 0 Å². The quantitative estimate of drug-likeness (QED) is 0.798. The van der Waals surface area contributed by atoms with E-state index < -0.39 is 11.0 Å². The highest BCUT2D eigenvalue weighted by molar-refractivity contribution is 6.21. The van der Waals surface area contributed by atoms with Gasteiger partial charge in [-0.1, -0.05) is 26.0 Å². The average Bonchev–Trinajstić information content (AvgIpc) is 3.16. The molecular weight excluding hydrogens is 314 g/mol. The second kappa shape index (κ2) is 5.28. The maximum absolute atomic E-state index is 13.0. The number of imidazole rings is 1. The Balaban J connectivity index is 2.08. The lowest BCUT2D eigenvalue weighted by Gasteiger charge is -2.55. The van der Waals surface area contributed by atoms with Gasteiger partial charge < -0.3 is 4.57 Å². The predicted molar refractivity (Wildman–Crippen MR) is 96.4 cm³/mol. The number of amides is 2. The molecule has 5 heteroatoms. The Hall–Kier alpha value is -2.43. The van der Waals surface area contributed by atoms with Crippen LogP contribution in [0.15, 0.2) is 43.0 Å². The monoisotopic (exact) mass is 339 g/mol. The van der Waals surface area contributed by atoms with Crippen LogP contribution >= 0.6 is 0 Å². The molecule has 5 nitrogen and oxygen atoms in total. The molecule has 0 aliphatic carbocycles. The molecule has 0 bridgehead atoms. The second-order valence-corrected chi connectivity index (χ2v) is 8.20. The summed E-state index contributed by atoms with van der Waals surface area (Å²) in [6.45, 7) is 12.3. The molecule has 2 heterocycles. The third-order valence-electron chi connectivity index (χ3n) is 6.56. The summed E-state index contributed by atoms with van der Waals surface area (Å²) >= 11 is 0. The minimum Gasteiger partial charge on any atom is -0.331 e. The molecule has 0 radical (unpaired) electrons. The Morgan fingerprint density at radius 3 is 1.80 bits per heavy atom. The van der Waals surface area contributed by atoms with Gasteiger partial charge in [-0.05, 0) is 39.8 Å². The number of carbonyl (C=O) groups excluding carboxylic acids is 2. The van der Waals surface area contributed by atoms with Crippen LogP contribution in [-0.2, 0) is 5.54 Å². The van der Waals surface area contributed by atoms with Gasteiger partial charge in [-0.2, -0.15) is 0 Å². The number of nitrogens with zero attached hydrogens (tertiary/aromatic N) is 3. The standard InChI is InChI=1S/C20H25N3O2/c1-18(2,19(3,4)22-12-11-21-13-22)20(5,6)23-16(24)14-9-7-8-10-15(14)17(23)25/h7-13H,1-6H3. The number of imide groups is 1. The molecule has 0 spiro atoms. The van der Waals surface area contributed by atoms with Crippen molar-refractivity contribution in [2.24, 2.45) is 5.41 Å². The Morgan fingerprint density at radius 2 is 1.36 bits per heavy atom. The second-order valence-electron chi connectivity index (χ2n) is 8.20. The van der Waals surface area contributed by atoms with Crippen molar-refractivity contribution in [2.45, 2.75) is 52.6 Å². The van der Waals surface area contributed by atoms with E-state index in [4.69, 9.17) is 0 Å². The Kier molecular flexibility index (Phi) is 3.67. The summed E-state index contributed by atoms with van der Waals surface area (Å²) in [4.78, 5) is 31.6. The van der Waals surface area contributed by atoms with Crippen LogP contribution in [0.1, 0.15) is 62.3 Å². The van der Waals surface area contributed by atoms with Gasteiger partial charge in [0.25, 0.3) is 11.8 Å². The minimum atomic E-state index is -0.714. The zero-order valence-corrected chi connectivity index (χ0v) is 15.7. The summed E-state index contributed by atoms with van der Waals surface area (Å²) in [6, 6.07) is 7.03. The van der Waals surface area contributed by atoms with Gasteiger partial charge in [0.15, 0.2) is 0 Å². The van der Waals surface area contributed by atoms with Crippen molar-refractivity contribution < 1.29 is 9.59 Å². The van der Waals surface area contributed by atoms with E-state index in [1.54, 1.807) is 36.8 Å². The molecule has 2 amide bonds. The highest BCUT2D eigenvalue weighted by Gasteiger charge is 2.56. The van der Waals surface area contributed by atoms with Crippen LogP contribution in [0, 0.1) is 5.41 Å². The summed E-state index contributed by atoms with van der Waals surface area (Å²) in [5.74, 6) is -0.444. The first-order valence-corrected chi connectivity index (χ1v) is 8.50. The maximum atomic E-state index is 13.0. The van der Waals surface area contributed by atoms with Crippen molar-refractivity contribution >= 4 is 11.8 Å². The van der Waals surface area contributed by atoms with Gasteiger partial charge in [-0.25, -0.2) is 4.98 Å². The number of benzene rings is 1. The largest absolute Gasteiger partial charge is 0.331 e. The Morgan fingerprint density at radius 1 is 0.840 bits per heavy atom. The van der Waals surface area contributed by atoms with E-state index in [0.29, 0.717) is 11.1 Å². The molecule has 2 aromatic rings. The first kappa shape index (κ1) is 17.4. The van der Waals surface area contributed by atoms with Gasteiger partial charge in [0.1, 0.15) is 0 Å². The van der Waals surface area contributed by atoms with E-state index in [2.05, 4.69) is 32.7 Å². The summed E-state index contributed by atoms with van der Waals surface area (Å²) in [6.07, 6.45) is 5.44. The first-order valence-electron chi connectivity index (χ1n) is 8.50. The molecule has 3 rings (SSSR count). The number of hydrogen-bond donors (Lipinski definition) is 0. The SMILES string of the molecule is CC(C)(N1C(=O)c2ccccc2C1=O)C(C)(C)C(C)(C)n1ccnc1. The third-order valence-corrected chi connectivity index (χ3v) is 6.56. The topological polar surface area (TPSA) is 55.2 Å². The molecule has 0 saturated heterocycles. The lowest BCUT2D eigenvalue weighted by Crippen LogP contribution is -2.63. The summed E-state index contributed by atoms with van der Waals surface area (Å²) in [7, 11) is 0. The first-order chi connectivity index (χ1) is 11.5. The van der Waals surface area contributed by atoms with Crippen molar-refractivity contribution in [3.63, 3.8) is 0 Å². The molecule has 0 saturated carbocycles. The average molecular weight is 339 g/mol. The van der Waals surface area contributed by atoms with Gasteiger partial charge in [0.2, 0.25) is 0 Å². The molecular formula is C20H25N3O2. The number of hydrogen-bond acceptors (Lipinski definition) is 3. The summed E-state index contributed by atoms with van der Waals surface area (Å²) in [5, 5.41) is 0. The van der Waals surface area contributed by atoms with Crippen molar-refractivity contribution in [3.8, 4) is 0 Å². The smallest absolute Gasteiger partial charge is 0.262 e. The fourth-order valence-electron chi connectivity index (χ4n) is 3.64. The summed E-state index contributed by atoms with van der Waals surface area (Å²) < 4.78 is 2.03. The summed E-state index contributed by atoms with van der Waals surface area (Å²) in [5.41, 5.74) is -0.557. The van der Waals surface area contributed by atoms with Gasteiger partial charge >= 0.3 is 0 Å². The molecule has 1 aromatic carbocycles. The van der Waals surface area contributed by atoms with E-state index in [1.807, 2.05) is 24.6 Å². The normalized spacial score (nSPS) is 15.7. The van der Waals surface area contributed by atoms with Crippen LogP contribution in [-0.4, -0.2) is 31.8 Å². The van der Waals surface area contributed by atoms with Crippen molar-refractivity contribution in [1.82, 2.24) is 14.5 Å². The van der Waals surface area contributed by atoms with Crippen LogP contribution in [0.25, 0.3) is 0 Å². The number of fused-ring (bicyclic) bond motifs is 1. The molecule has 1 aromatic heterocycles. The van der Waals surface area contributed by atoms with Crippen LogP contribution in [0.5, 0.6) is 0 Å². The van der Waals surface area contributed by atoms with Gasteiger partial charge in [-0.3, -0.25) is 14.5 Å². The molecule has 25 heavy (non-hydrogen) atoms. The molecule has 0 atom stereocenters. The van der Waals surface area contributed by atoms with E-state index in [0.717, 1.165) is 0 Å². The lowest BCUT2D eigenvalue weighted by atomic mass is 9.62. The maximum Gasteiger partial charge on any atom is 0.262 e. The predicted octanol–water partition coefficient (Wildman–Crippen LogP) is 3.72. The van der Waals surface area contributed by atoms with E-state index in [9.17, 15) is 9.59 Å². The van der Waals surface area contributed by atoms with Crippen molar-refractivity contribution in [1.29, 1.82) is 0 Å². The van der Waals surface area contributed by atoms with Crippen LogP contribution in [0.4, 0.5) is 0 Å². The fraction of sp³-hybridized carbons (Fsp3) is 0.450. The number of carbonyl (C=O) groups is 2. The van der Waals surface area contributed by atoms with Gasteiger partial charge in [-0.15, -0.1) is 0 Å². The zero-order chi connectivity index (χ0) is 18.6. The van der Waals surface area contributed by atoms with Gasteiger partial charge in [0.05, 0.1) is 23.0 Å².